The molecule has 0 saturated carbocycles. The molecule has 0 aliphatic carbocycles. The van der Waals surface area contributed by atoms with Crippen molar-refractivity contribution >= 4 is 21.7 Å². The van der Waals surface area contributed by atoms with Gasteiger partial charge in [-0.2, -0.15) is 4.31 Å². The third-order valence-corrected chi connectivity index (χ3v) is 6.06. The zero-order valence-corrected chi connectivity index (χ0v) is 14.9. The van der Waals surface area contributed by atoms with E-state index in [9.17, 15) is 18.3 Å². The Morgan fingerprint density at radius 1 is 1.08 bits per heavy atom. The fraction of sp³-hybridized carbons (Fsp3) is 0.588. The highest BCUT2D eigenvalue weighted by Gasteiger charge is 2.27. The Kier molecular flexibility index (Phi) is 6.62. The van der Waals surface area contributed by atoms with E-state index in [2.05, 4.69) is 36.1 Å². The summed E-state index contributed by atoms with van der Waals surface area (Å²) >= 11 is 0. The van der Waals surface area contributed by atoms with Gasteiger partial charge in [-0.05, 0) is 30.5 Å². The number of rotatable bonds is 8. The minimum atomic E-state index is -3.76. The van der Waals surface area contributed by atoms with Crippen LogP contribution in [0.4, 0.5) is 5.69 Å². The molecule has 1 fully saturated rings. The van der Waals surface area contributed by atoms with Crippen LogP contribution in [0.25, 0.3) is 0 Å². The second-order valence-corrected chi connectivity index (χ2v) is 8.11. The van der Waals surface area contributed by atoms with Gasteiger partial charge < -0.3 is 14.8 Å². The largest absolute Gasteiger partial charge is 0.549 e. The van der Waals surface area contributed by atoms with Crippen LogP contribution in [-0.2, 0) is 21.2 Å². The van der Waals surface area contributed by atoms with Gasteiger partial charge >= 0.3 is 0 Å². The average molecular weight is 353 g/mol. The first-order valence-electron chi connectivity index (χ1n) is 8.44. The molecule has 0 radical (unpaired) electrons. The Hall–Kier alpha value is -1.60. The van der Waals surface area contributed by atoms with Crippen molar-refractivity contribution in [3.63, 3.8) is 0 Å². The van der Waals surface area contributed by atoms with Gasteiger partial charge in [-0.3, -0.25) is 0 Å². The molecule has 24 heavy (non-hydrogen) atoms. The number of piperazine rings is 1. The average Bonchev–Trinajstić information content (AvgIpc) is 2.55. The van der Waals surface area contributed by atoms with Crippen molar-refractivity contribution in [1.29, 1.82) is 0 Å². The summed E-state index contributed by atoms with van der Waals surface area (Å²) in [5.74, 6) is -2.50. The number of carbonyl (C=O) groups is 1. The lowest BCUT2D eigenvalue weighted by atomic mass is 10.1. The van der Waals surface area contributed by atoms with Gasteiger partial charge in [-0.15, -0.1) is 0 Å². The lowest BCUT2D eigenvalue weighted by Gasteiger charge is -2.35. The standard InChI is InChI=1S/C17H26N2O4S/c1-2-3-4-5-15-6-8-16(9-7-15)18-10-12-19(13-11-18)24(22,23)14-17(20)21/h6-9H,2-5,10-14H2,1H3,(H,20,21)/p-1. The van der Waals surface area contributed by atoms with Crippen LogP contribution in [0, 0.1) is 0 Å². The fourth-order valence-corrected chi connectivity index (χ4v) is 4.12. The number of benzene rings is 1. The van der Waals surface area contributed by atoms with Crippen LogP contribution >= 0.6 is 0 Å². The van der Waals surface area contributed by atoms with Gasteiger partial charge in [0, 0.05) is 31.9 Å². The number of sulfonamides is 1. The molecule has 0 unspecified atom stereocenters. The molecule has 0 N–H and O–H groups in total. The Balaban J connectivity index is 1.89. The van der Waals surface area contributed by atoms with Gasteiger partial charge in [0.2, 0.25) is 10.0 Å². The summed E-state index contributed by atoms with van der Waals surface area (Å²) in [6, 6.07) is 8.41. The zero-order valence-electron chi connectivity index (χ0n) is 14.1. The second-order valence-electron chi connectivity index (χ2n) is 6.14. The van der Waals surface area contributed by atoms with Crippen LogP contribution in [0.2, 0.25) is 0 Å². The maximum Gasteiger partial charge on any atom is 0.219 e. The minimum absolute atomic E-state index is 0.299. The molecule has 1 aliphatic rings. The van der Waals surface area contributed by atoms with Crippen molar-refractivity contribution in [2.24, 2.45) is 0 Å². The topological polar surface area (TPSA) is 80.8 Å². The van der Waals surface area contributed by atoms with E-state index in [0.29, 0.717) is 26.2 Å². The molecule has 134 valence electrons. The monoisotopic (exact) mass is 353 g/mol. The Morgan fingerprint density at radius 2 is 1.71 bits per heavy atom. The lowest BCUT2D eigenvalue weighted by Crippen LogP contribution is -2.50. The van der Waals surface area contributed by atoms with E-state index in [-0.39, 0.29) is 0 Å². The van der Waals surface area contributed by atoms with E-state index in [1.54, 1.807) is 0 Å². The molecule has 6 nitrogen and oxygen atoms in total. The molecule has 7 heteroatoms. The molecule has 1 aromatic carbocycles. The zero-order chi connectivity index (χ0) is 17.6. The highest BCUT2D eigenvalue weighted by Crippen LogP contribution is 2.19. The van der Waals surface area contributed by atoms with Gasteiger partial charge in [0.1, 0.15) is 5.75 Å². The van der Waals surface area contributed by atoms with E-state index in [1.807, 2.05) is 0 Å². The van der Waals surface area contributed by atoms with Crippen LogP contribution in [-0.4, -0.2) is 50.6 Å². The molecular weight excluding hydrogens is 328 g/mol. The molecule has 0 spiro atoms. The van der Waals surface area contributed by atoms with Crippen molar-refractivity contribution in [2.45, 2.75) is 32.6 Å². The highest BCUT2D eigenvalue weighted by atomic mass is 32.2. The summed E-state index contributed by atoms with van der Waals surface area (Å²) in [5.41, 5.74) is 2.40. The predicted octanol–water partition coefficient (Wildman–Crippen LogP) is 0.621. The summed E-state index contributed by atoms with van der Waals surface area (Å²) in [4.78, 5) is 12.7. The molecule has 1 aliphatic heterocycles. The van der Waals surface area contributed by atoms with E-state index in [4.69, 9.17) is 0 Å². The smallest absolute Gasteiger partial charge is 0.219 e. The number of aryl methyl sites for hydroxylation is 1. The Bertz CT molecular complexity index is 635. The van der Waals surface area contributed by atoms with Gasteiger partial charge in [-0.1, -0.05) is 31.9 Å². The van der Waals surface area contributed by atoms with Crippen molar-refractivity contribution < 1.29 is 18.3 Å². The molecule has 1 saturated heterocycles. The second kappa shape index (κ2) is 8.48. The summed E-state index contributed by atoms with van der Waals surface area (Å²) in [6.45, 7) is 3.90. The van der Waals surface area contributed by atoms with Crippen molar-refractivity contribution in [3.05, 3.63) is 29.8 Å². The van der Waals surface area contributed by atoms with Gasteiger partial charge in [0.05, 0.1) is 5.97 Å². The number of carboxylic acid groups (broad SMARTS) is 1. The Labute approximate surface area is 144 Å². The van der Waals surface area contributed by atoms with Crippen molar-refractivity contribution in [3.8, 4) is 0 Å². The van der Waals surface area contributed by atoms with Crippen LogP contribution < -0.4 is 10.0 Å². The van der Waals surface area contributed by atoms with Crippen LogP contribution in [0.1, 0.15) is 31.7 Å². The molecular formula is C17H25N2O4S-. The number of hydrogen-bond acceptors (Lipinski definition) is 5. The molecule has 1 heterocycles. The van der Waals surface area contributed by atoms with Crippen molar-refractivity contribution in [1.82, 2.24) is 4.31 Å². The molecule has 2 rings (SSSR count). The fourth-order valence-electron chi connectivity index (χ4n) is 2.92. The number of nitrogens with zero attached hydrogens (tertiary/aromatic N) is 2. The third kappa shape index (κ3) is 5.21. The number of hydrogen-bond donors (Lipinski definition) is 0. The first kappa shape index (κ1) is 18.7. The predicted molar refractivity (Wildman–Crippen MR) is 92.3 cm³/mol. The summed E-state index contributed by atoms with van der Waals surface area (Å²) in [7, 11) is -3.76. The SMILES string of the molecule is CCCCCc1ccc(N2CCN(S(=O)(=O)CC(=O)[O-])CC2)cc1. The van der Waals surface area contributed by atoms with Crippen molar-refractivity contribution in [2.75, 3.05) is 36.8 Å². The first-order chi connectivity index (χ1) is 11.4. The molecule has 1 aromatic rings. The van der Waals surface area contributed by atoms with Gasteiger partial charge in [-0.25, -0.2) is 8.42 Å². The van der Waals surface area contributed by atoms with Gasteiger partial charge in [0.25, 0.3) is 0 Å². The van der Waals surface area contributed by atoms with Gasteiger partial charge in [0.15, 0.2) is 0 Å². The molecule has 0 bridgehead atoms. The number of anilines is 1. The normalized spacial score (nSPS) is 16.3. The summed E-state index contributed by atoms with van der Waals surface area (Å²) in [6.07, 6.45) is 4.74. The van der Waals surface area contributed by atoms with Crippen LogP contribution in [0.3, 0.4) is 0 Å². The van der Waals surface area contributed by atoms with E-state index >= 15 is 0 Å². The van der Waals surface area contributed by atoms with Crippen LogP contribution in [0.5, 0.6) is 0 Å². The summed E-state index contributed by atoms with van der Waals surface area (Å²) < 4.78 is 25.0. The Morgan fingerprint density at radius 3 is 2.25 bits per heavy atom. The van der Waals surface area contributed by atoms with E-state index in [0.717, 1.165) is 12.1 Å². The summed E-state index contributed by atoms with van der Waals surface area (Å²) in [5, 5.41) is 10.5. The molecule has 0 atom stereocenters. The quantitative estimate of drug-likeness (QED) is 0.640. The van der Waals surface area contributed by atoms with E-state index in [1.165, 1.54) is 29.1 Å². The maximum atomic E-state index is 11.9. The highest BCUT2D eigenvalue weighted by molar-refractivity contribution is 7.89. The minimum Gasteiger partial charge on any atom is -0.549 e. The number of aliphatic carboxylic acids is 1. The third-order valence-electron chi connectivity index (χ3n) is 4.30. The first-order valence-corrected chi connectivity index (χ1v) is 10.0. The van der Waals surface area contributed by atoms with Crippen LogP contribution in [0.15, 0.2) is 24.3 Å². The maximum absolute atomic E-state index is 11.9. The molecule has 0 aromatic heterocycles. The number of unbranched alkanes of at least 4 members (excludes halogenated alkanes) is 2. The molecule has 0 amide bonds. The number of carbonyl (C=O) groups excluding carboxylic acids is 1. The number of carboxylic acids is 1. The lowest BCUT2D eigenvalue weighted by molar-refractivity contribution is -0.301. The van der Waals surface area contributed by atoms with E-state index < -0.39 is 21.7 Å².